The van der Waals surface area contributed by atoms with E-state index in [-0.39, 0.29) is 23.7 Å². The number of hydrogen-bond donors (Lipinski definition) is 0. The number of likely N-dealkylation sites (tertiary alicyclic amines) is 2. The SMILES string of the molecule is COC(=O)C1CCN(C(=O)C2CCN(Cc3ccc(Cl)cc3Cl)CC2)CC1. The van der Waals surface area contributed by atoms with E-state index in [0.717, 1.165) is 38.0 Å². The third-order valence-corrected chi connectivity index (χ3v) is 6.27. The van der Waals surface area contributed by atoms with Crippen molar-refractivity contribution in [1.29, 1.82) is 0 Å². The molecular formula is C20H26Cl2N2O3. The highest BCUT2D eigenvalue weighted by molar-refractivity contribution is 6.35. The first-order chi connectivity index (χ1) is 13.0. The van der Waals surface area contributed by atoms with Crippen LogP contribution in [-0.2, 0) is 20.9 Å². The standard InChI is InChI=1S/C20H26Cl2N2O3/c1-27-20(26)15-6-10-24(11-7-15)19(25)14-4-8-23(9-5-14)13-16-2-3-17(21)12-18(16)22/h2-3,12,14-15H,4-11,13H2,1H3. The van der Waals surface area contributed by atoms with Crippen molar-refractivity contribution < 1.29 is 14.3 Å². The molecule has 148 valence electrons. The first kappa shape index (κ1) is 20.4. The molecule has 7 heteroatoms. The number of esters is 1. The lowest BCUT2D eigenvalue weighted by atomic mass is 9.92. The van der Waals surface area contributed by atoms with Crippen molar-refractivity contribution in [2.24, 2.45) is 11.8 Å². The van der Waals surface area contributed by atoms with E-state index in [2.05, 4.69) is 4.90 Å². The van der Waals surface area contributed by atoms with E-state index in [1.165, 1.54) is 7.11 Å². The van der Waals surface area contributed by atoms with E-state index in [1.807, 2.05) is 17.0 Å². The van der Waals surface area contributed by atoms with Crippen LogP contribution in [0.3, 0.4) is 0 Å². The Morgan fingerprint density at radius 2 is 1.67 bits per heavy atom. The van der Waals surface area contributed by atoms with Crippen LogP contribution in [0.15, 0.2) is 18.2 Å². The van der Waals surface area contributed by atoms with Gasteiger partial charge in [-0.05, 0) is 56.5 Å². The van der Waals surface area contributed by atoms with Crippen LogP contribution in [-0.4, -0.2) is 55.0 Å². The fourth-order valence-corrected chi connectivity index (χ4v) is 4.46. The lowest BCUT2D eigenvalue weighted by Gasteiger charge is -2.36. The molecular weight excluding hydrogens is 387 g/mol. The fraction of sp³-hybridized carbons (Fsp3) is 0.600. The maximum absolute atomic E-state index is 12.8. The number of piperidine rings is 2. The molecule has 1 aromatic rings. The zero-order chi connectivity index (χ0) is 19.4. The molecule has 2 saturated heterocycles. The minimum atomic E-state index is -0.156. The van der Waals surface area contributed by atoms with Gasteiger partial charge in [-0.15, -0.1) is 0 Å². The molecule has 5 nitrogen and oxygen atoms in total. The molecule has 2 aliphatic rings. The van der Waals surface area contributed by atoms with Gasteiger partial charge in [-0.3, -0.25) is 14.5 Å². The summed E-state index contributed by atoms with van der Waals surface area (Å²) in [6.07, 6.45) is 3.13. The van der Waals surface area contributed by atoms with E-state index in [9.17, 15) is 9.59 Å². The van der Waals surface area contributed by atoms with Crippen molar-refractivity contribution in [3.63, 3.8) is 0 Å². The number of rotatable bonds is 4. The Morgan fingerprint density at radius 3 is 2.26 bits per heavy atom. The molecule has 0 unspecified atom stereocenters. The Labute approximate surface area is 170 Å². The van der Waals surface area contributed by atoms with Crippen molar-refractivity contribution >= 4 is 35.1 Å². The molecule has 0 aromatic heterocycles. The summed E-state index contributed by atoms with van der Waals surface area (Å²) >= 11 is 12.2. The average Bonchev–Trinajstić information content (AvgIpc) is 2.69. The highest BCUT2D eigenvalue weighted by Gasteiger charge is 2.32. The van der Waals surface area contributed by atoms with Gasteiger partial charge in [0.2, 0.25) is 5.91 Å². The summed E-state index contributed by atoms with van der Waals surface area (Å²) in [5.41, 5.74) is 1.07. The number of hydrogen-bond acceptors (Lipinski definition) is 4. The predicted molar refractivity (Wildman–Crippen MR) is 106 cm³/mol. The number of halogens is 2. The summed E-state index contributed by atoms with van der Waals surface area (Å²) < 4.78 is 4.81. The van der Waals surface area contributed by atoms with Crippen molar-refractivity contribution in [2.45, 2.75) is 32.2 Å². The maximum Gasteiger partial charge on any atom is 0.308 e. The normalized spacial score (nSPS) is 19.9. The van der Waals surface area contributed by atoms with Crippen molar-refractivity contribution in [1.82, 2.24) is 9.80 Å². The van der Waals surface area contributed by atoms with Gasteiger partial charge in [-0.1, -0.05) is 29.3 Å². The minimum absolute atomic E-state index is 0.0648. The van der Waals surface area contributed by atoms with E-state index in [1.54, 1.807) is 6.07 Å². The van der Waals surface area contributed by atoms with Gasteiger partial charge in [-0.25, -0.2) is 0 Å². The molecule has 0 atom stereocenters. The smallest absolute Gasteiger partial charge is 0.308 e. The number of benzene rings is 1. The van der Waals surface area contributed by atoms with E-state index < -0.39 is 0 Å². The number of ether oxygens (including phenoxy) is 1. The number of carbonyl (C=O) groups is 2. The van der Waals surface area contributed by atoms with Gasteiger partial charge in [0.05, 0.1) is 13.0 Å². The van der Waals surface area contributed by atoms with Gasteiger partial charge in [0.25, 0.3) is 0 Å². The van der Waals surface area contributed by atoms with Crippen LogP contribution in [0.4, 0.5) is 0 Å². The second kappa shape index (κ2) is 9.26. The Bertz CT molecular complexity index is 682. The predicted octanol–water partition coefficient (Wildman–Crippen LogP) is 3.62. The second-order valence-electron chi connectivity index (χ2n) is 7.41. The number of nitrogens with zero attached hydrogens (tertiary/aromatic N) is 2. The summed E-state index contributed by atoms with van der Waals surface area (Å²) in [5.74, 6) is 0.0976. The molecule has 0 aliphatic carbocycles. The van der Waals surface area contributed by atoms with Crippen LogP contribution in [0.5, 0.6) is 0 Å². The van der Waals surface area contributed by atoms with Crippen molar-refractivity contribution in [2.75, 3.05) is 33.3 Å². The Kier molecular flexibility index (Phi) is 7.01. The highest BCUT2D eigenvalue weighted by Crippen LogP contribution is 2.27. The molecule has 0 N–H and O–H groups in total. The van der Waals surface area contributed by atoms with Crippen LogP contribution in [0.2, 0.25) is 10.0 Å². The average molecular weight is 413 g/mol. The van der Waals surface area contributed by atoms with Crippen molar-refractivity contribution in [3.05, 3.63) is 33.8 Å². The third-order valence-electron chi connectivity index (χ3n) is 5.69. The van der Waals surface area contributed by atoms with Gasteiger partial charge >= 0.3 is 5.97 Å². The molecule has 3 rings (SSSR count). The fourth-order valence-electron chi connectivity index (χ4n) is 3.99. The zero-order valence-corrected chi connectivity index (χ0v) is 17.1. The van der Waals surface area contributed by atoms with Gasteiger partial charge < -0.3 is 9.64 Å². The Morgan fingerprint density at radius 1 is 1.04 bits per heavy atom. The highest BCUT2D eigenvalue weighted by atomic mass is 35.5. The molecule has 0 saturated carbocycles. The second-order valence-corrected chi connectivity index (χ2v) is 8.25. The first-order valence-electron chi connectivity index (χ1n) is 9.51. The topological polar surface area (TPSA) is 49.9 Å². The molecule has 2 aliphatic heterocycles. The lowest BCUT2D eigenvalue weighted by molar-refractivity contribution is -0.150. The molecule has 0 radical (unpaired) electrons. The Balaban J connectivity index is 1.46. The van der Waals surface area contributed by atoms with E-state index in [4.69, 9.17) is 27.9 Å². The Hall–Kier alpha value is -1.30. The molecule has 0 spiro atoms. The largest absolute Gasteiger partial charge is 0.469 e. The van der Waals surface area contributed by atoms with Crippen molar-refractivity contribution in [3.8, 4) is 0 Å². The summed E-state index contributed by atoms with van der Waals surface area (Å²) in [4.78, 5) is 28.7. The van der Waals surface area contributed by atoms with Gasteiger partial charge in [0.1, 0.15) is 0 Å². The van der Waals surface area contributed by atoms with Gasteiger partial charge in [-0.2, -0.15) is 0 Å². The molecule has 1 amide bonds. The van der Waals surface area contributed by atoms with E-state index >= 15 is 0 Å². The molecule has 0 bridgehead atoms. The van der Waals surface area contributed by atoms with Gasteiger partial charge in [0, 0.05) is 35.6 Å². The van der Waals surface area contributed by atoms with Crippen LogP contribution < -0.4 is 0 Å². The summed E-state index contributed by atoms with van der Waals surface area (Å²) in [6, 6.07) is 5.59. The molecule has 2 fully saturated rings. The van der Waals surface area contributed by atoms with E-state index in [0.29, 0.717) is 36.0 Å². The monoisotopic (exact) mass is 412 g/mol. The number of carbonyl (C=O) groups excluding carboxylic acids is 2. The van der Waals surface area contributed by atoms with Gasteiger partial charge in [0.15, 0.2) is 0 Å². The summed E-state index contributed by atoms with van der Waals surface area (Å²) in [6.45, 7) is 3.85. The molecule has 27 heavy (non-hydrogen) atoms. The molecule has 2 heterocycles. The van der Waals surface area contributed by atoms with Crippen LogP contribution in [0.1, 0.15) is 31.2 Å². The quantitative estimate of drug-likeness (QED) is 0.708. The first-order valence-corrected chi connectivity index (χ1v) is 10.3. The number of amides is 1. The number of methoxy groups -OCH3 is 1. The lowest BCUT2D eigenvalue weighted by Crippen LogP contribution is -2.46. The minimum Gasteiger partial charge on any atom is -0.469 e. The molecule has 1 aromatic carbocycles. The maximum atomic E-state index is 12.8. The van der Waals surface area contributed by atoms with Crippen LogP contribution in [0, 0.1) is 11.8 Å². The zero-order valence-electron chi connectivity index (χ0n) is 15.6. The summed E-state index contributed by atoms with van der Waals surface area (Å²) in [7, 11) is 1.42. The summed E-state index contributed by atoms with van der Waals surface area (Å²) in [5, 5.41) is 1.33. The van der Waals surface area contributed by atoms with Crippen LogP contribution in [0.25, 0.3) is 0 Å². The van der Waals surface area contributed by atoms with Crippen LogP contribution >= 0.6 is 23.2 Å². The third kappa shape index (κ3) is 5.15.